The van der Waals surface area contributed by atoms with Crippen LogP contribution in [0.5, 0.6) is 5.75 Å². The highest BCUT2D eigenvalue weighted by Gasteiger charge is 2.47. The zero-order chi connectivity index (χ0) is 18.5. The molecular weight excluding hydrogens is 336 g/mol. The molecule has 0 bridgehead atoms. The van der Waals surface area contributed by atoms with Gasteiger partial charge >= 0.3 is 0 Å². The van der Waals surface area contributed by atoms with Crippen molar-refractivity contribution in [3.63, 3.8) is 0 Å². The Hall–Kier alpha value is -1.33. The van der Waals surface area contributed by atoms with Crippen LogP contribution in [0, 0.1) is 6.92 Å². The van der Waals surface area contributed by atoms with Crippen molar-refractivity contribution in [1.82, 2.24) is 0 Å². The third-order valence-electron chi connectivity index (χ3n) is 5.21. The first-order valence-electron chi connectivity index (χ1n) is 9.37. The first-order chi connectivity index (χ1) is 11.5. The van der Waals surface area contributed by atoms with Gasteiger partial charge in [0.05, 0.1) is 13.5 Å². The Kier molecular flexibility index (Phi) is 4.53. The number of rotatable bonds is 4. The third-order valence-corrected chi connectivity index (χ3v) is 8.90. The fraction of sp³-hybridized carbons (Fsp3) is 0.455. The van der Waals surface area contributed by atoms with Crippen molar-refractivity contribution in [2.75, 3.05) is 6.61 Å². The molecule has 134 valence electrons. The Bertz CT molecular complexity index is 783. The Balaban J connectivity index is 2.29. The number of ether oxygens (including phenoxy) is 1. The maximum atomic E-state index is 6.25. The molecule has 0 saturated carbocycles. The summed E-state index contributed by atoms with van der Waals surface area (Å²) in [6.45, 7) is 17.9. The van der Waals surface area contributed by atoms with Crippen LogP contribution in [0.2, 0.25) is 45.3 Å². The Morgan fingerprint density at radius 1 is 0.920 bits per heavy atom. The number of para-hydroxylation sites is 1. The highest BCUT2D eigenvalue weighted by molar-refractivity contribution is 6.89. The predicted molar refractivity (Wildman–Crippen MR) is 115 cm³/mol. The van der Waals surface area contributed by atoms with Crippen molar-refractivity contribution in [3.8, 4) is 5.75 Å². The van der Waals surface area contributed by atoms with Crippen LogP contribution < -0.4 is 9.92 Å². The quantitative estimate of drug-likeness (QED) is 0.642. The van der Waals surface area contributed by atoms with Gasteiger partial charge in [-0.25, -0.2) is 0 Å². The summed E-state index contributed by atoms with van der Waals surface area (Å²) in [4.78, 5) is 0. The van der Waals surface area contributed by atoms with Crippen LogP contribution in [-0.4, -0.2) is 22.8 Å². The maximum Gasteiger partial charge on any atom is 0.123 e. The Labute approximate surface area is 155 Å². The largest absolute Gasteiger partial charge is 0.492 e. The molecule has 1 aliphatic heterocycles. The molecule has 1 atom stereocenters. The monoisotopic (exact) mass is 368 g/mol. The molecule has 0 spiro atoms. The molecule has 0 fully saturated rings. The fourth-order valence-corrected chi connectivity index (χ4v) is 8.42. The second kappa shape index (κ2) is 6.13. The van der Waals surface area contributed by atoms with Crippen LogP contribution in [0.15, 0.2) is 42.5 Å². The van der Waals surface area contributed by atoms with E-state index in [1.54, 1.807) is 5.19 Å². The zero-order valence-corrected chi connectivity index (χ0v) is 18.9. The van der Waals surface area contributed by atoms with E-state index in [1.807, 2.05) is 0 Å². The second-order valence-corrected chi connectivity index (χ2v) is 20.4. The summed E-state index contributed by atoms with van der Waals surface area (Å²) in [7, 11) is -2.77. The van der Waals surface area contributed by atoms with Crippen LogP contribution in [0.25, 0.3) is 0 Å². The van der Waals surface area contributed by atoms with Crippen LogP contribution in [-0.2, 0) is 5.41 Å². The molecule has 1 unspecified atom stereocenters. The van der Waals surface area contributed by atoms with E-state index in [-0.39, 0.29) is 5.41 Å². The summed E-state index contributed by atoms with van der Waals surface area (Å²) in [5, 5.41) is 1.60. The van der Waals surface area contributed by atoms with E-state index in [0.717, 1.165) is 12.4 Å². The van der Waals surface area contributed by atoms with Crippen LogP contribution in [0.3, 0.4) is 0 Å². The fourth-order valence-electron chi connectivity index (χ4n) is 4.33. The number of benzene rings is 2. The van der Waals surface area contributed by atoms with E-state index >= 15 is 0 Å². The SMILES string of the molecule is Cc1ccc(C2(C[Si](C)(C)C)COc3ccccc32)c([Si](C)(C)C)c1. The zero-order valence-electron chi connectivity index (χ0n) is 16.9. The van der Waals surface area contributed by atoms with Gasteiger partial charge in [-0.05, 0) is 24.6 Å². The van der Waals surface area contributed by atoms with Crippen molar-refractivity contribution >= 4 is 21.3 Å². The molecule has 2 aromatic rings. The first kappa shape index (κ1) is 18.5. The van der Waals surface area contributed by atoms with Gasteiger partial charge in [-0.2, -0.15) is 0 Å². The predicted octanol–water partition coefficient (Wildman–Crippen LogP) is 5.56. The van der Waals surface area contributed by atoms with Gasteiger partial charge in [-0.1, -0.05) is 86.4 Å². The maximum absolute atomic E-state index is 6.25. The summed E-state index contributed by atoms with van der Waals surface area (Å²) >= 11 is 0. The average Bonchev–Trinajstić information content (AvgIpc) is 2.84. The summed E-state index contributed by atoms with van der Waals surface area (Å²) in [5.41, 5.74) is 4.33. The molecular formula is C22H32OSi2. The van der Waals surface area contributed by atoms with Crippen LogP contribution in [0.1, 0.15) is 16.7 Å². The Morgan fingerprint density at radius 3 is 2.24 bits per heavy atom. The van der Waals surface area contributed by atoms with Crippen molar-refractivity contribution in [1.29, 1.82) is 0 Å². The highest BCUT2D eigenvalue weighted by atomic mass is 28.3. The number of hydrogen-bond acceptors (Lipinski definition) is 1. The van der Waals surface area contributed by atoms with Gasteiger partial charge in [0.15, 0.2) is 0 Å². The molecule has 0 aromatic heterocycles. The number of hydrogen-bond donors (Lipinski definition) is 0. The average molecular weight is 369 g/mol. The van der Waals surface area contributed by atoms with Gasteiger partial charge in [-0.15, -0.1) is 0 Å². The van der Waals surface area contributed by atoms with Gasteiger partial charge in [0.2, 0.25) is 0 Å². The van der Waals surface area contributed by atoms with Crippen molar-refractivity contribution in [3.05, 3.63) is 59.2 Å². The van der Waals surface area contributed by atoms with E-state index in [0.29, 0.717) is 0 Å². The minimum absolute atomic E-state index is 0.0182. The van der Waals surface area contributed by atoms with Crippen molar-refractivity contribution in [2.45, 2.75) is 57.7 Å². The van der Waals surface area contributed by atoms with E-state index < -0.39 is 16.1 Å². The number of aryl methyl sites for hydroxylation is 1. The van der Waals surface area contributed by atoms with Crippen LogP contribution >= 0.6 is 0 Å². The normalized spacial score (nSPS) is 20.3. The minimum Gasteiger partial charge on any atom is -0.492 e. The standard InChI is InChI=1S/C22H32OSi2/c1-17-12-13-19(21(14-17)25(5,6)7)22(16-24(2,3)4)15-23-20-11-9-8-10-18(20)22/h8-14H,15-16H2,1-7H3. The molecule has 25 heavy (non-hydrogen) atoms. The molecule has 3 rings (SSSR count). The van der Waals surface area contributed by atoms with E-state index in [2.05, 4.69) is 88.7 Å². The first-order valence-corrected chi connectivity index (χ1v) is 16.6. The highest BCUT2D eigenvalue weighted by Crippen LogP contribution is 2.48. The van der Waals surface area contributed by atoms with E-state index in [1.165, 1.54) is 22.7 Å². The van der Waals surface area contributed by atoms with Gasteiger partial charge in [0.1, 0.15) is 12.4 Å². The van der Waals surface area contributed by atoms with E-state index in [4.69, 9.17) is 4.74 Å². The topological polar surface area (TPSA) is 9.23 Å². The smallest absolute Gasteiger partial charge is 0.123 e. The molecule has 0 saturated heterocycles. The lowest BCUT2D eigenvalue weighted by molar-refractivity contribution is 0.302. The Morgan fingerprint density at radius 2 is 1.60 bits per heavy atom. The van der Waals surface area contributed by atoms with E-state index in [9.17, 15) is 0 Å². The number of fused-ring (bicyclic) bond motifs is 1. The van der Waals surface area contributed by atoms with Crippen LogP contribution in [0.4, 0.5) is 0 Å². The molecule has 0 N–H and O–H groups in total. The molecule has 2 aromatic carbocycles. The minimum atomic E-state index is -1.46. The summed E-state index contributed by atoms with van der Waals surface area (Å²) in [6.07, 6.45) is 0. The van der Waals surface area contributed by atoms with Gasteiger partial charge in [0.25, 0.3) is 0 Å². The molecule has 0 aliphatic carbocycles. The molecule has 0 amide bonds. The van der Waals surface area contributed by atoms with Crippen molar-refractivity contribution < 1.29 is 4.74 Å². The lowest BCUT2D eigenvalue weighted by Crippen LogP contribution is -2.48. The lowest BCUT2D eigenvalue weighted by atomic mass is 9.77. The van der Waals surface area contributed by atoms with Gasteiger partial charge in [-0.3, -0.25) is 0 Å². The molecule has 1 aliphatic rings. The van der Waals surface area contributed by atoms with Crippen molar-refractivity contribution in [2.24, 2.45) is 0 Å². The third kappa shape index (κ3) is 3.49. The summed E-state index contributed by atoms with van der Waals surface area (Å²) in [6, 6.07) is 17.1. The van der Waals surface area contributed by atoms with Gasteiger partial charge in [0, 0.05) is 13.6 Å². The molecule has 1 heterocycles. The molecule has 1 nitrogen and oxygen atoms in total. The summed E-state index contributed by atoms with van der Waals surface area (Å²) < 4.78 is 6.25. The summed E-state index contributed by atoms with van der Waals surface area (Å²) in [5.74, 6) is 1.09. The second-order valence-electron chi connectivity index (χ2n) is 9.90. The van der Waals surface area contributed by atoms with Gasteiger partial charge < -0.3 is 4.74 Å². The lowest BCUT2D eigenvalue weighted by Gasteiger charge is -2.38. The molecule has 3 heteroatoms. The molecule has 0 radical (unpaired) electrons.